The van der Waals surface area contributed by atoms with Crippen molar-refractivity contribution in [3.8, 4) is 0 Å². The van der Waals surface area contributed by atoms with Crippen LogP contribution in [0.3, 0.4) is 0 Å². The summed E-state index contributed by atoms with van der Waals surface area (Å²) >= 11 is 0. The molecule has 0 bridgehead atoms. The van der Waals surface area contributed by atoms with Crippen molar-refractivity contribution in [3.63, 3.8) is 0 Å². The number of carbonyl (C=O) groups excluding carboxylic acids is 1. The Morgan fingerprint density at radius 2 is 2.00 bits per heavy atom. The fourth-order valence-corrected chi connectivity index (χ4v) is 5.02. The number of likely N-dealkylation sites (tertiary alicyclic amines) is 1. The van der Waals surface area contributed by atoms with Gasteiger partial charge < -0.3 is 15.1 Å². The monoisotopic (exact) mass is 397 g/mol. The van der Waals surface area contributed by atoms with Crippen LogP contribution in [0.2, 0.25) is 0 Å². The summed E-state index contributed by atoms with van der Waals surface area (Å²) in [6.45, 7) is 0.501. The van der Waals surface area contributed by atoms with E-state index in [4.69, 9.17) is 0 Å². The number of carboxylic acids is 1. The average Bonchev–Trinajstić information content (AvgIpc) is 3.43. The van der Waals surface area contributed by atoms with Crippen molar-refractivity contribution in [1.29, 1.82) is 0 Å². The number of carbonyl (C=O) groups is 2. The fraction of sp³-hybridized carbons (Fsp3) is 0.583. The molecule has 1 saturated heterocycles. The normalized spacial score (nSPS) is 24.7. The summed E-state index contributed by atoms with van der Waals surface area (Å²) < 4.78 is 0. The van der Waals surface area contributed by atoms with E-state index in [-0.39, 0.29) is 17.4 Å². The molecule has 2 saturated carbocycles. The first kappa shape index (κ1) is 20.1. The second-order valence-electron chi connectivity index (χ2n) is 9.10. The van der Waals surface area contributed by atoms with Crippen molar-refractivity contribution in [3.05, 3.63) is 47.5 Å². The summed E-state index contributed by atoms with van der Waals surface area (Å²) in [5.74, 6) is -0.0233. The minimum atomic E-state index is -0.936. The van der Waals surface area contributed by atoms with Crippen molar-refractivity contribution in [2.75, 3.05) is 6.54 Å². The molecule has 2 aliphatic carbocycles. The molecule has 1 amide bonds. The van der Waals surface area contributed by atoms with E-state index in [0.29, 0.717) is 24.9 Å². The number of benzene rings is 1. The van der Waals surface area contributed by atoms with Crippen molar-refractivity contribution in [2.45, 2.75) is 69.9 Å². The van der Waals surface area contributed by atoms with E-state index >= 15 is 0 Å². The maximum atomic E-state index is 12.4. The lowest BCUT2D eigenvalue weighted by atomic mass is 9.62. The number of aliphatic hydroxyl groups excluding tert-OH is 1. The van der Waals surface area contributed by atoms with Gasteiger partial charge in [0.1, 0.15) is 0 Å². The molecule has 29 heavy (non-hydrogen) atoms. The number of aliphatic hydroxyl groups is 1. The molecule has 1 aliphatic heterocycles. The van der Waals surface area contributed by atoms with E-state index in [1.54, 1.807) is 12.1 Å². The van der Waals surface area contributed by atoms with Gasteiger partial charge >= 0.3 is 5.97 Å². The van der Waals surface area contributed by atoms with Gasteiger partial charge in [-0.2, -0.15) is 0 Å². The van der Waals surface area contributed by atoms with E-state index < -0.39 is 12.1 Å². The Hall–Kier alpha value is -2.14. The first-order valence-electron chi connectivity index (χ1n) is 11.0. The highest BCUT2D eigenvalue weighted by molar-refractivity contribution is 5.89. The minimum Gasteiger partial charge on any atom is -0.478 e. The molecule has 0 radical (unpaired) electrons. The van der Waals surface area contributed by atoms with Crippen LogP contribution in [-0.4, -0.2) is 45.7 Å². The molecule has 3 aliphatic rings. The lowest BCUT2D eigenvalue weighted by Gasteiger charge is -2.45. The molecule has 1 aromatic carbocycles. The van der Waals surface area contributed by atoms with Crippen LogP contribution in [0.4, 0.5) is 0 Å². The van der Waals surface area contributed by atoms with Gasteiger partial charge in [0.2, 0.25) is 5.91 Å². The van der Waals surface area contributed by atoms with Crippen LogP contribution in [0.1, 0.15) is 67.3 Å². The molecule has 0 unspecified atom stereocenters. The Labute approximate surface area is 172 Å². The highest BCUT2D eigenvalue weighted by Gasteiger charge is 2.45. The van der Waals surface area contributed by atoms with Gasteiger partial charge in [-0.05, 0) is 49.7 Å². The standard InChI is InChI=1S/C24H31NO4/c26-21(24(13-3-14-24)16-17-6-7-17)10-8-19-9-11-22(27)25(19)15-12-18-4-1-2-5-20(18)23(28)29/h1-2,4-5,8,10,17,19,21,26H,3,6-7,9,11-16H2,(H,28,29)/b10-8+/t19-,21-/m0/s1. The summed E-state index contributed by atoms with van der Waals surface area (Å²) in [7, 11) is 0. The second-order valence-corrected chi connectivity index (χ2v) is 9.10. The van der Waals surface area contributed by atoms with Crippen molar-refractivity contribution < 1.29 is 19.8 Å². The van der Waals surface area contributed by atoms with Crippen molar-refractivity contribution >= 4 is 11.9 Å². The summed E-state index contributed by atoms with van der Waals surface area (Å²) in [5, 5.41) is 20.2. The number of aromatic carboxylic acids is 1. The SMILES string of the molecule is O=C(O)c1ccccc1CCN1C(=O)CC[C@@H]1/C=C/[C@H](O)C1(CC2CC2)CCC1. The predicted molar refractivity (Wildman–Crippen MR) is 111 cm³/mol. The summed E-state index contributed by atoms with van der Waals surface area (Å²) in [6, 6.07) is 6.97. The lowest BCUT2D eigenvalue weighted by molar-refractivity contribution is -0.128. The van der Waals surface area contributed by atoms with E-state index in [0.717, 1.165) is 37.2 Å². The van der Waals surface area contributed by atoms with Gasteiger partial charge in [-0.3, -0.25) is 4.79 Å². The summed E-state index contributed by atoms with van der Waals surface area (Å²) in [6.07, 6.45) is 12.5. The topological polar surface area (TPSA) is 77.8 Å². The third-order valence-corrected chi connectivity index (χ3v) is 7.13. The molecule has 0 aromatic heterocycles. The van der Waals surface area contributed by atoms with Crippen LogP contribution >= 0.6 is 0 Å². The van der Waals surface area contributed by atoms with Crippen molar-refractivity contribution in [2.24, 2.45) is 11.3 Å². The van der Waals surface area contributed by atoms with Crippen LogP contribution in [-0.2, 0) is 11.2 Å². The fourth-order valence-electron chi connectivity index (χ4n) is 5.02. The Morgan fingerprint density at radius 1 is 1.24 bits per heavy atom. The smallest absolute Gasteiger partial charge is 0.335 e. The van der Waals surface area contributed by atoms with Crippen LogP contribution in [0.25, 0.3) is 0 Å². The third-order valence-electron chi connectivity index (χ3n) is 7.13. The Bertz CT molecular complexity index is 794. The maximum Gasteiger partial charge on any atom is 0.335 e. The molecule has 3 fully saturated rings. The number of hydrogen-bond donors (Lipinski definition) is 2. The van der Waals surface area contributed by atoms with E-state index in [1.165, 1.54) is 19.3 Å². The Balaban J connectivity index is 1.39. The zero-order valence-corrected chi connectivity index (χ0v) is 16.9. The van der Waals surface area contributed by atoms with Crippen LogP contribution < -0.4 is 0 Å². The summed E-state index contributed by atoms with van der Waals surface area (Å²) in [4.78, 5) is 25.7. The molecule has 2 atom stereocenters. The van der Waals surface area contributed by atoms with Crippen LogP contribution in [0, 0.1) is 11.3 Å². The number of amides is 1. The molecule has 5 heteroatoms. The quantitative estimate of drug-likeness (QED) is 0.621. The second kappa shape index (κ2) is 8.31. The van der Waals surface area contributed by atoms with Crippen LogP contribution in [0.5, 0.6) is 0 Å². The van der Waals surface area contributed by atoms with Gasteiger partial charge in [-0.1, -0.05) is 49.6 Å². The molecule has 4 rings (SSSR count). The van der Waals surface area contributed by atoms with Gasteiger partial charge in [0.25, 0.3) is 0 Å². The summed E-state index contributed by atoms with van der Waals surface area (Å²) in [5.41, 5.74) is 1.11. The molecule has 1 aromatic rings. The molecule has 2 N–H and O–H groups in total. The van der Waals surface area contributed by atoms with E-state index in [2.05, 4.69) is 0 Å². The third kappa shape index (κ3) is 4.40. The minimum absolute atomic E-state index is 0.00723. The Kier molecular flexibility index (Phi) is 5.77. The molecular formula is C24H31NO4. The molecule has 156 valence electrons. The molecular weight excluding hydrogens is 366 g/mol. The average molecular weight is 398 g/mol. The molecule has 5 nitrogen and oxygen atoms in total. The highest BCUT2D eigenvalue weighted by atomic mass is 16.4. The largest absolute Gasteiger partial charge is 0.478 e. The zero-order valence-electron chi connectivity index (χ0n) is 16.9. The Morgan fingerprint density at radius 3 is 2.66 bits per heavy atom. The number of hydrogen-bond acceptors (Lipinski definition) is 3. The molecule has 0 spiro atoms. The van der Waals surface area contributed by atoms with Gasteiger partial charge in [0, 0.05) is 18.4 Å². The number of carboxylic acid groups (broad SMARTS) is 1. The first-order valence-corrected chi connectivity index (χ1v) is 11.0. The maximum absolute atomic E-state index is 12.4. The lowest BCUT2D eigenvalue weighted by Crippen LogP contribution is -2.41. The van der Waals surface area contributed by atoms with Crippen molar-refractivity contribution in [1.82, 2.24) is 4.90 Å². The van der Waals surface area contributed by atoms with E-state index in [1.807, 2.05) is 29.2 Å². The van der Waals surface area contributed by atoms with Gasteiger partial charge in [0.15, 0.2) is 0 Å². The number of rotatable bonds is 9. The van der Waals surface area contributed by atoms with Crippen LogP contribution in [0.15, 0.2) is 36.4 Å². The predicted octanol–water partition coefficient (Wildman–Crippen LogP) is 3.81. The molecule has 1 heterocycles. The van der Waals surface area contributed by atoms with E-state index in [9.17, 15) is 19.8 Å². The van der Waals surface area contributed by atoms with Gasteiger partial charge in [-0.25, -0.2) is 4.79 Å². The van der Waals surface area contributed by atoms with Gasteiger partial charge in [-0.15, -0.1) is 0 Å². The van der Waals surface area contributed by atoms with Gasteiger partial charge in [0.05, 0.1) is 17.7 Å². The number of nitrogens with zero attached hydrogens (tertiary/aromatic N) is 1. The highest BCUT2D eigenvalue weighted by Crippen LogP contribution is 2.53. The zero-order chi connectivity index (χ0) is 20.4. The first-order chi connectivity index (χ1) is 14.0.